The largest absolute Gasteiger partial charge is 0.384 e. The highest BCUT2D eigenvalue weighted by Gasteiger charge is 2.10. The van der Waals surface area contributed by atoms with Crippen molar-refractivity contribution >= 4 is 32.5 Å². The zero-order valence-corrected chi connectivity index (χ0v) is 11.3. The Kier molecular flexibility index (Phi) is 3.30. The van der Waals surface area contributed by atoms with Gasteiger partial charge in [-0.25, -0.2) is 0 Å². The topological polar surface area (TPSA) is 48.7 Å². The van der Waals surface area contributed by atoms with Gasteiger partial charge in [0, 0.05) is 22.6 Å². The molecule has 0 fully saturated rings. The second-order valence-electron chi connectivity index (χ2n) is 3.81. The number of nitrogens with one attached hydrogen (secondary N) is 1. The molecule has 2 rings (SSSR count). The third-order valence-electron chi connectivity index (χ3n) is 2.60. The molecule has 0 atom stereocenters. The van der Waals surface area contributed by atoms with Gasteiger partial charge in [0.25, 0.3) is 0 Å². The van der Waals surface area contributed by atoms with E-state index in [-0.39, 0.29) is 0 Å². The quantitative estimate of drug-likeness (QED) is 0.919. The Bertz CT molecular complexity index is 614. The summed E-state index contributed by atoms with van der Waals surface area (Å²) in [7, 11) is 0. The van der Waals surface area contributed by atoms with Crippen LogP contribution in [0.2, 0.25) is 0 Å². The Morgan fingerprint density at radius 2 is 2.24 bits per heavy atom. The fraction of sp³-hybridized carbons (Fsp3) is 0.231. The van der Waals surface area contributed by atoms with Crippen molar-refractivity contribution in [1.82, 2.24) is 4.98 Å². The normalized spacial score (nSPS) is 10.2. The van der Waals surface area contributed by atoms with Crippen molar-refractivity contribution in [3.05, 3.63) is 33.9 Å². The first-order chi connectivity index (χ1) is 8.17. The van der Waals surface area contributed by atoms with Crippen LogP contribution in [0.25, 0.3) is 10.9 Å². The van der Waals surface area contributed by atoms with Crippen LogP contribution in [0.5, 0.6) is 0 Å². The number of pyridine rings is 1. The Morgan fingerprint density at radius 3 is 2.88 bits per heavy atom. The summed E-state index contributed by atoms with van der Waals surface area (Å²) in [6, 6.07) is 6.19. The van der Waals surface area contributed by atoms with Gasteiger partial charge in [0.15, 0.2) is 0 Å². The molecule has 0 saturated heterocycles. The van der Waals surface area contributed by atoms with Crippen LogP contribution in [0.4, 0.5) is 5.69 Å². The van der Waals surface area contributed by atoms with Crippen molar-refractivity contribution in [3.8, 4) is 6.07 Å². The SMILES string of the molecule is CCNc1c(C#N)cnc2c(C)cc(Br)cc12. The van der Waals surface area contributed by atoms with Crippen molar-refractivity contribution in [1.29, 1.82) is 5.26 Å². The van der Waals surface area contributed by atoms with Crippen LogP contribution in [-0.2, 0) is 0 Å². The summed E-state index contributed by atoms with van der Waals surface area (Å²) in [6.45, 7) is 4.81. The zero-order valence-electron chi connectivity index (χ0n) is 9.71. The molecule has 4 heteroatoms. The average molecular weight is 290 g/mol. The summed E-state index contributed by atoms with van der Waals surface area (Å²) >= 11 is 3.48. The number of halogens is 1. The summed E-state index contributed by atoms with van der Waals surface area (Å²) in [5, 5.41) is 13.3. The first-order valence-corrected chi connectivity index (χ1v) is 6.19. The maximum Gasteiger partial charge on any atom is 0.103 e. The van der Waals surface area contributed by atoms with Crippen LogP contribution < -0.4 is 5.32 Å². The van der Waals surface area contributed by atoms with Gasteiger partial charge in [0.1, 0.15) is 6.07 Å². The number of benzene rings is 1. The van der Waals surface area contributed by atoms with E-state index in [0.717, 1.165) is 33.2 Å². The number of nitrogens with zero attached hydrogens (tertiary/aromatic N) is 2. The van der Waals surface area contributed by atoms with Crippen LogP contribution >= 0.6 is 15.9 Å². The molecule has 1 N–H and O–H groups in total. The van der Waals surface area contributed by atoms with Crippen molar-refractivity contribution in [3.63, 3.8) is 0 Å². The van der Waals surface area contributed by atoms with E-state index >= 15 is 0 Å². The Morgan fingerprint density at radius 1 is 1.47 bits per heavy atom. The molecule has 0 aliphatic rings. The summed E-state index contributed by atoms with van der Waals surface area (Å²) < 4.78 is 0.999. The number of nitriles is 1. The van der Waals surface area contributed by atoms with E-state index in [9.17, 15) is 0 Å². The molecule has 0 bridgehead atoms. The maximum absolute atomic E-state index is 9.10. The van der Waals surface area contributed by atoms with Crippen LogP contribution in [0.3, 0.4) is 0 Å². The molecule has 86 valence electrons. The number of aromatic nitrogens is 1. The van der Waals surface area contributed by atoms with Gasteiger partial charge >= 0.3 is 0 Å². The average Bonchev–Trinajstić information content (AvgIpc) is 2.30. The van der Waals surface area contributed by atoms with E-state index in [2.05, 4.69) is 32.3 Å². The van der Waals surface area contributed by atoms with Gasteiger partial charge in [-0.2, -0.15) is 5.26 Å². The number of anilines is 1. The molecular weight excluding hydrogens is 278 g/mol. The highest BCUT2D eigenvalue weighted by Crippen LogP contribution is 2.30. The van der Waals surface area contributed by atoms with E-state index in [1.54, 1.807) is 6.20 Å². The predicted octanol–water partition coefficient (Wildman–Crippen LogP) is 3.61. The van der Waals surface area contributed by atoms with Crippen LogP contribution in [-0.4, -0.2) is 11.5 Å². The molecule has 2 aromatic rings. The first kappa shape index (κ1) is 11.9. The molecule has 17 heavy (non-hydrogen) atoms. The lowest BCUT2D eigenvalue weighted by atomic mass is 10.1. The highest BCUT2D eigenvalue weighted by molar-refractivity contribution is 9.10. The Hall–Kier alpha value is -1.60. The molecule has 0 radical (unpaired) electrons. The summed E-state index contributed by atoms with van der Waals surface area (Å²) in [4.78, 5) is 4.35. The lowest BCUT2D eigenvalue weighted by molar-refractivity contribution is 1.20. The lowest BCUT2D eigenvalue weighted by Gasteiger charge is -2.11. The van der Waals surface area contributed by atoms with Crippen LogP contribution in [0.1, 0.15) is 18.1 Å². The van der Waals surface area contributed by atoms with E-state index in [1.165, 1.54) is 0 Å². The van der Waals surface area contributed by atoms with Crippen molar-refractivity contribution in [2.24, 2.45) is 0 Å². The molecule has 0 amide bonds. The highest BCUT2D eigenvalue weighted by atomic mass is 79.9. The smallest absolute Gasteiger partial charge is 0.103 e. The predicted molar refractivity (Wildman–Crippen MR) is 73.1 cm³/mol. The van der Waals surface area contributed by atoms with Gasteiger partial charge in [0.05, 0.1) is 16.8 Å². The molecular formula is C13H12BrN3. The third kappa shape index (κ3) is 2.11. The monoisotopic (exact) mass is 289 g/mol. The molecule has 0 aliphatic carbocycles. The van der Waals surface area contributed by atoms with Crippen LogP contribution in [0, 0.1) is 18.3 Å². The zero-order chi connectivity index (χ0) is 12.4. The summed E-state index contributed by atoms with van der Waals surface area (Å²) in [5.74, 6) is 0. The lowest BCUT2D eigenvalue weighted by Crippen LogP contribution is -2.01. The number of fused-ring (bicyclic) bond motifs is 1. The minimum Gasteiger partial charge on any atom is -0.384 e. The molecule has 1 aromatic heterocycles. The van der Waals surface area contributed by atoms with Crippen LogP contribution in [0.15, 0.2) is 22.8 Å². The Labute approximate surface area is 109 Å². The van der Waals surface area contributed by atoms with E-state index in [1.807, 2.05) is 26.0 Å². The van der Waals surface area contributed by atoms with Crippen molar-refractivity contribution in [2.45, 2.75) is 13.8 Å². The summed E-state index contributed by atoms with van der Waals surface area (Å²) in [5.41, 5.74) is 3.47. The fourth-order valence-electron chi connectivity index (χ4n) is 1.89. The van der Waals surface area contributed by atoms with Gasteiger partial charge in [-0.05, 0) is 31.5 Å². The van der Waals surface area contributed by atoms with Crippen molar-refractivity contribution < 1.29 is 0 Å². The second-order valence-corrected chi connectivity index (χ2v) is 4.72. The van der Waals surface area contributed by atoms with Crippen molar-refractivity contribution in [2.75, 3.05) is 11.9 Å². The van der Waals surface area contributed by atoms with E-state index < -0.39 is 0 Å². The molecule has 1 heterocycles. The molecule has 0 saturated carbocycles. The summed E-state index contributed by atoms with van der Waals surface area (Å²) in [6.07, 6.45) is 1.63. The number of rotatable bonds is 2. The minimum atomic E-state index is 0.580. The van der Waals surface area contributed by atoms with Gasteiger partial charge in [0.2, 0.25) is 0 Å². The third-order valence-corrected chi connectivity index (χ3v) is 3.06. The Balaban J connectivity index is 2.84. The van der Waals surface area contributed by atoms with E-state index in [0.29, 0.717) is 5.56 Å². The maximum atomic E-state index is 9.10. The molecule has 0 aliphatic heterocycles. The van der Waals surface area contributed by atoms with Gasteiger partial charge < -0.3 is 5.32 Å². The number of aryl methyl sites for hydroxylation is 1. The molecule has 1 aromatic carbocycles. The minimum absolute atomic E-state index is 0.580. The molecule has 3 nitrogen and oxygen atoms in total. The van der Waals surface area contributed by atoms with Gasteiger partial charge in [-0.1, -0.05) is 15.9 Å². The first-order valence-electron chi connectivity index (χ1n) is 5.40. The molecule has 0 unspecified atom stereocenters. The van der Waals surface area contributed by atoms with Gasteiger partial charge in [-0.3, -0.25) is 4.98 Å². The molecule has 0 spiro atoms. The number of hydrogen-bond acceptors (Lipinski definition) is 3. The van der Waals surface area contributed by atoms with E-state index in [4.69, 9.17) is 5.26 Å². The van der Waals surface area contributed by atoms with Gasteiger partial charge in [-0.15, -0.1) is 0 Å². The standard InChI is InChI=1S/C13H12BrN3/c1-3-16-13-9(6-15)7-17-12-8(2)4-10(14)5-11(12)13/h4-5,7H,3H2,1-2H3,(H,16,17). The second kappa shape index (κ2) is 4.72. The number of hydrogen-bond donors (Lipinski definition) is 1. The fourth-order valence-corrected chi connectivity index (χ4v) is 2.46.